The molecule has 2 N–H and O–H groups in total. The van der Waals surface area contributed by atoms with Crippen molar-refractivity contribution in [2.24, 2.45) is 0 Å². The first-order valence-corrected chi connectivity index (χ1v) is 9.61. The Hall–Kier alpha value is -3.33. The average Bonchev–Trinajstić information content (AvgIpc) is 3.04. The maximum absolute atomic E-state index is 12.6. The van der Waals surface area contributed by atoms with Crippen molar-refractivity contribution in [2.75, 3.05) is 5.32 Å². The van der Waals surface area contributed by atoms with Crippen LogP contribution in [-0.4, -0.2) is 27.5 Å². The van der Waals surface area contributed by atoms with Crippen LogP contribution in [0.2, 0.25) is 0 Å². The van der Waals surface area contributed by atoms with E-state index in [1.165, 1.54) is 16.8 Å². The number of nitrogens with zero attached hydrogens (tertiary/aromatic N) is 2. The van der Waals surface area contributed by atoms with Crippen LogP contribution in [0.4, 0.5) is 5.69 Å². The number of carbonyl (C=O) groups is 2. The van der Waals surface area contributed by atoms with E-state index in [0.717, 1.165) is 22.9 Å². The number of anilines is 1. The molecule has 1 amide bonds. The van der Waals surface area contributed by atoms with Gasteiger partial charge in [0.1, 0.15) is 0 Å². The first kappa shape index (κ1) is 20.4. The fourth-order valence-corrected chi connectivity index (χ4v) is 3.41. The molecule has 0 radical (unpaired) electrons. The number of carboxylic acids is 1. The minimum Gasteiger partial charge on any atom is -0.538 e. The minimum absolute atomic E-state index is 0.0734. The minimum atomic E-state index is -1.08. The lowest BCUT2D eigenvalue weighted by atomic mass is 10.1. The van der Waals surface area contributed by atoms with Crippen molar-refractivity contribution in [1.82, 2.24) is 5.27 Å². The third kappa shape index (κ3) is 4.57. The number of aromatic nitrogens is 2. The molecule has 8 nitrogen and oxygen atoms in total. The van der Waals surface area contributed by atoms with Gasteiger partial charge in [-0.25, -0.2) is 4.79 Å². The summed E-state index contributed by atoms with van der Waals surface area (Å²) in [5.41, 5.74) is 2.90. The standard InChI is InChI=1S/C20H19N3O5S/c1-11-4-8-15(9-5-11)23-18(20(27)28-22-23)29-13(3)17(24)21-16-10-14(19(25)26)7-6-12(16)2/h4-10,13H,1-3H3,(H2-,21,22,24,25,26,27). The van der Waals surface area contributed by atoms with E-state index in [4.69, 9.17) is 9.63 Å². The number of hydrogen-bond donors (Lipinski definition) is 2. The van der Waals surface area contributed by atoms with E-state index < -0.39 is 17.2 Å². The first-order chi connectivity index (χ1) is 13.8. The van der Waals surface area contributed by atoms with E-state index in [9.17, 15) is 14.7 Å². The first-order valence-electron chi connectivity index (χ1n) is 8.74. The zero-order chi connectivity index (χ0) is 21.1. The van der Waals surface area contributed by atoms with Gasteiger partial charge < -0.3 is 20.1 Å². The molecule has 0 aliphatic rings. The van der Waals surface area contributed by atoms with E-state index in [1.54, 1.807) is 32.0 Å². The number of carboxylic acid groups (broad SMARTS) is 1. The molecular weight excluding hydrogens is 394 g/mol. The molecule has 0 fully saturated rings. The lowest BCUT2D eigenvalue weighted by molar-refractivity contribution is -0.705. The highest BCUT2D eigenvalue weighted by molar-refractivity contribution is 8.00. The van der Waals surface area contributed by atoms with E-state index >= 15 is 0 Å². The van der Waals surface area contributed by atoms with Gasteiger partial charge in [-0.05, 0) is 54.9 Å². The fraction of sp³-hybridized carbons (Fsp3) is 0.200. The van der Waals surface area contributed by atoms with Gasteiger partial charge in [-0.1, -0.05) is 23.8 Å². The van der Waals surface area contributed by atoms with Gasteiger partial charge in [0.05, 0.1) is 16.1 Å². The Morgan fingerprint density at radius 2 is 1.90 bits per heavy atom. The Labute approximate surface area is 171 Å². The smallest absolute Gasteiger partial charge is 0.335 e. The number of rotatable bonds is 6. The topological polar surface area (TPSA) is 119 Å². The lowest BCUT2D eigenvalue weighted by Gasteiger charge is -2.13. The fourth-order valence-electron chi connectivity index (χ4n) is 2.53. The molecule has 9 heteroatoms. The Morgan fingerprint density at radius 3 is 2.55 bits per heavy atom. The second-order valence-electron chi connectivity index (χ2n) is 6.50. The Balaban J connectivity index is 1.79. The van der Waals surface area contributed by atoms with E-state index in [2.05, 4.69) is 10.6 Å². The molecule has 0 saturated heterocycles. The Kier molecular flexibility index (Phi) is 5.88. The van der Waals surface area contributed by atoms with Crippen LogP contribution in [0, 0.1) is 13.8 Å². The zero-order valence-electron chi connectivity index (χ0n) is 16.0. The molecular formula is C20H19N3O5S. The zero-order valence-corrected chi connectivity index (χ0v) is 16.8. The van der Waals surface area contributed by atoms with Gasteiger partial charge in [0.15, 0.2) is 5.95 Å². The summed E-state index contributed by atoms with van der Waals surface area (Å²) in [6, 6.07) is 11.8. The summed E-state index contributed by atoms with van der Waals surface area (Å²) in [5.74, 6) is -2.10. The number of hydrogen-bond acceptors (Lipinski definition) is 6. The maximum atomic E-state index is 12.6. The van der Waals surface area contributed by atoms with E-state index in [-0.39, 0.29) is 16.5 Å². The number of aromatic carboxylic acids is 1. The summed E-state index contributed by atoms with van der Waals surface area (Å²) in [6.07, 6.45) is 0. The highest BCUT2D eigenvalue weighted by atomic mass is 32.2. The van der Waals surface area contributed by atoms with E-state index in [0.29, 0.717) is 11.4 Å². The molecule has 2 aromatic carbocycles. The molecule has 150 valence electrons. The molecule has 0 spiro atoms. The highest BCUT2D eigenvalue weighted by Crippen LogP contribution is 2.28. The van der Waals surface area contributed by atoms with Crippen molar-refractivity contribution >= 4 is 29.3 Å². The summed E-state index contributed by atoms with van der Waals surface area (Å²) in [4.78, 5) is 23.8. The Bertz CT molecular complexity index is 1060. The molecule has 1 atom stereocenters. The number of carbonyl (C=O) groups excluding carboxylic acids is 1. The van der Waals surface area contributed by atoms with E-state index in [1.807, 2.05) is 19.1 Å². The molecule has 3 aromatic rings. The number of aryl methyl sites for hydroxylation is 2. The normalized spacial score (nSPS) is 11.8. The van der Waals surface area contributed by atoms with Crippen LogP contribution in [0.1, 0.15) is 28.4 Å². The molecule has 0 saturated carbocycles. The van der Waals surface area contributed by atoms with Gasteiger partial charge in [-0.2, -0.15) is 0 Å². The van der Waals surface area contributed by atoms with Gasteiger partial charge >= 0.3 is 5.97 Å². The maximum Gasteiger partial charge on any atom is 0.335 e. The van der Waals surface area contributed by atoms with Crippen LogP contribution in [0.25, 0.3) is 5.69 Å². The molecule has 3 rings (SSSR count). The third-order valence-corrected chi connectivity index (χ3v) is 5.38. The predicted octanol–water partition coefficient (Wildman–Crippen LogP) is 2.46. The van der Waals surface area contributed by atoms with Crippen LogP contribution >= 0.6 is 11.8 Å². The molecule has 1 heterocycles. The summed E-state index contributed by atoms with van der Waals surface area (Å²) in [5, 5.41) is 27.2. The molecule has 0 bridgehead atoms. The lowest BCUT2D eigenvalue weighted by Crippen LogP contribution is -2.36. The molecule has 0 aliphatic carbocycles. The average molecular weight is 413 g/mol. The summed E-state index contributed by atoms with van der Waals surface area (Å²) < 4.78 is 6.13. The van der Waals surface area contributed by atoms with Crippen molar-refractivity contribution < 1.29 is 29.0 Å². The quantitative estimate of drug-likeness (QED) is 0.470. The summed E-state index contributed by atoms with van der Waals surface area (Å²) >= 11 is 1.01. The van der Waals surface area contributed by atoms with Gasteiger partial charge in [-0.3, -0.25) is 4.79 Å². The second kappa shape index (κ2) is 8.36. The monoisotopic (exact) mass is 413 g/mol. The predicted molar refractivity (Wildman–Crippen MR) is 104 cm³/mol. The van der Waals surface area contributed by atoms with Gasteiger partial charge in [0.2, 0.25) is 11.6 Å². The number of amides is 1. The molecule has 29 heavy (non-hydrogen) atoms. The summed E-state index contributed by atoms with van der Waals surface area (Å²) in [7, 11) is 0. The van der Waals surface area contributed by atoms with Crippen LogP contribution in [-0.2, 0) is 4.79 Å². The van der Waals surface area contributed by atoms with Crippen molar-refractivity contribution in [3.8, 4) is 11.6 Å². The summed E-state index contributed by atoms with van der Waals surface area (Å²) in [6.45, 7) is 5.35. The highest BCUT2D eigenvalue weighted by Gasteiger charge is 2.27. The van der Waals surface area contributed by atoms with Gasteiger partial charge in [0.25, 0.3) is 5.03 Å². The third-order valence-electron chi connectivity index (χ3n) is 4.25. The molecule has 1 unspecified atom stereocenters. The van der Waals surface area contributed by atoms with Gasteiger partial charge in [-0.15, -0.1) is 0 Å². The number of thioether (sulfide) groups is 1. The second-order valence-corrected chi connectivity index (χ2v) is 7.83. The van der Waals surface area contributed by atoms with Crippen LogP contribution in [0.5, 0.6) is 5.95 Å². The Morgan fingerprint density at radius 1 is 1.21 bits per heavy atom. The number of benzene rings is 2. The van der Waals surface area contributed by atoms with Crippen LogP contribution < -0.4 is 15.1 Å². The number of nitrogens with one attached hydrogen (secondary N) is 1. The van der Waals surface area contributed by atoms with Crippen LogP contribution in [0.15, 0.2) is 52.0 Å². The van der Waals surface area contributed by atoms with Crippen LogP contribution in [0.3, 0.4) is 0 Å². The SMILES string of the molecule is Cc1ccc(-[n+]2noc([O-])c2SC(C)C(=O)Nc2cc(C(=O)O)ccc2C)cc1. The van der Waals surface area contributed by atoms with Crippen molar-refractivity contribution in [1.29, 1.82) is 0 Å². The molecule has 0 aliphatic heterocycles. The molecule has 1 aromatic heterocycles. The van der Waals surface area contributed by atoms with Crippen molar-refractivity contribution in [2.45, 2.75) is 31.0 Å². The van der Waals surface area contributed by atoms with Crippen molar-refractivity contribution in [3.05, 3.63) is 59.2 Å². The van der Waals surface area contributed by atoms with Crippen molar-refractivity contribution in [3.63, 3.8) is 0 Å². The van der Waals surface area contributed by atoms with Gasteiger partial charge in [0, 0.05) is 17.8 Å². The largest absolute Gasteiger partial charge is 0.538 e.